The molecule has 0 atom stereocenters. The molecular weight excluding hydrogens is 128 g/mol. The summed E-state index contributed by atoms with van der Waals surface area (Å²) >= 11 is 0. The van der Waals surface area contributed by atoms with Gasteiger partial charge in [0.15, 0.2) is 0 Å². The highest BCUT2D eigenvalue weighted by atomic mass is 16.1. The van der Waals surface area contributed by atoms with Crippen molar-refractivity contribution in [3.05, 3.63) is 0 Å². The van der Waals surface area contributed by atoms with Crippen LogP contribution in [0, 0.1) is 0 Å². The molecule has 1 rings (SSSR count). The van der Waals surface area contributed by atoms with Gasteiger partial charge in [0, 0.05) is 12.6 Å². The van der Waals surface area contributed by atoms with E-state index in [9.17, 15) is 4.79 Å². The van der Waals surface area contributed by atoms with Crippen LogP contribution in [-0.2, 0) is 4.79 Å². The molecule has 0 radical (unpaired) electrons. The Morgan fingerprint density at radius 2 is 2.30 bits per heavy atom. The first kappa shape index (κ1) is 7.54. The van der Waals surface area contributed by atoms with Gasteiger partial charge in [0.1, 0.15) is 0 Å². The number of rotatable bonds is 5. The summed E-state index contributed by atoms with van der Waals surface area (Å²) in [5, 5.41) is 0. The number of nitrogens with zero attached hydrogens (tertiary/aromatic N) is 1. The van der Waals surface area contributed by atoms with Crippen molar-refractivity contribution in [2.75, 3.05) is 13.1 Å². The van der Waals surface area contributed by atoms with E-state index in [1.165, 1.54) is 12.8 Å². The van der Waals surface area contributed by atoms with Crippen LogP contribution in [0.3, 0.4) is 0 Å². The minimum absolute atomic E-state index is 0.545. The van der Waals surface area contributed by atoms with Gasteiger partial charge in [0.25, 0.3) is 0 Å². The number of hydrogen-bond acceptors (Lipinski definition) is 2. The van der Waals surface area contributed by atoms with Crippen molar-refractivity contribution in [1.82, 2.24) is 4.90 Å². The summed E-state index contributed by atoms with van der Waals surface area (Å²) in [5.41, 5.74) is 5.31. The Kier molecular flexibility index (Phi) is 2.68. The Hall–Kier alpha value is -0.570. The average molecular weight is 142 g/mol. The maximum atomic E-state index is 10.4. The number of hydrogen-bond donors (Lipinski definition) is 1. The number of carbonyl (C=O) groups excluding carboxylic acids is 1. The first-order valence-corrected chi connectivity index (χ1v) is 3.79. The number of amides is 1. The van der Waals surface area contributed by atoms with Crippen LogP contribution in [-0.4, -0.2) is 30.4 Å². The fourth-order valence-corrected chi connectivity index (χ4v) is 1.00. The zero-order chi connectivity index (χ0) is 7.40. The normalized spacial score (nSPS) is 16.9. The van der Waals surface area contributed by atoms with Crippen LogP contribution in [0.15, 0.2) is 0 Å². The Balaban J connectivity index is 2.12. The minimum atomic E-state index is 0.545. The van der Waals surface area contributed by atoms with Gasteiger partial charge in [0.2, 0.25) is 6.41 Å². The van der Waals surface area contributed by atoms with Crippen LogP contribution in [0.2, 0.25) is 0 Å². The summed E-state index contributed by atoms with van der Waals surface area (Å²) in [7, 11) is 0. The molecule has 10 heavy (non-hydrogen) atoms. The van der Waals surface area contributed by atoms with Crippen LogP contribution >= 0.6 is 0 Å². The lowest BCUT2D eigenvalue weighted by molar-refractivity contribution is -0.118. The largest absolute Gasteiger partial charge is 0.342 e. The lowest BCUT2D eigenvalue weighted by Crippen LogP contribution is -2.26. The van der Waals surface area contributed by atoms with E-state index in [2.05, 4.69) is 0 Å². The summed E-state index contributed by atoms with van der Waals surface area (Å²) in [4.78, 5) is 12.2. The Bertz CT molecular complexity index is 112. The van der Waals surface area contributed by atoms with Gasteiger partial charge in [-0.15, -0.1) is 0 Å². The van der Waals surface area contributed by atoms with Gasteiger partial charge < -0.3 is 10.6 Å². The molecule has 0 spiro atoms. The molecule has 0 aromatic rings. The molecule has 0 saturated heterocycles. The van der Waals surface area contributed by atoms with Gasteiger partial charge in [-0.3, -0.25) is 4.79 Å². The van der Waals surface area contributed by atoms with Gasteiger partial charge in [-0.2, -0.15) is 0 Å². The molecule has 3 heteroatoms. The lowest BCUT2D eigenvalue weighted by Gasteiger charge is -2.14. The molecule has 58 valence electrons. The van der Waals surface area contributed by atoms with E-state index in [4.69, 9.17) is 5.73 Å². The van der Waals surface area contributed by atoms with Crippen molar-refractivity contribution in [2.24, 2.45) is 5.73 Å². The molecule has 1 aliphatic rings. The van der Waals surface area contributed by atoms with Crippen LogP contribution < -0.4 is 5.73 Å². The molecule has 1 amide bonds. The zero-order valence-corrected chi connectivity index (χ0v) is 6.12. The van der Waals surface area contributed by atoms with E-state index in [0.717, 1.165) is 19.4 Å². The molecule has 0 aromatic carbocycles. The minimum Gasteiger partial charge on any atom is -0.342 e. The maximum absolute atomic E-state index is 10.4. The molecule has 0 aliphatic heterocycles. The summed E-state index contributed by atoms with van der Waals surface area (Å²) in [5.74, 6) is 0. The highest BCUT2D eigenvalue weighted by Crippen LogP contribution is 2.25. The summed E-state index contributed by atoms with van der Waals surface area (Å²) in [6.45, 7) is 1.52. The van der Waals surface area contributed by atoms with E-state index in [1.807, 2.05) is 4.90 Å². The second-order valence-electron chi connectivity index (χ2n) is 2.72. The monoisotopic (exact) mass is 142 g/mol. The van der Waals surface area contributed by atoms with Gasteiger partial charge >= 0.3 is 0 Å². The highest BCUT2D eigenvalue weighted by Gasteiger charge is 2.26. The van der Waals surface area contributed by atoms with E-state index >= 15 is 0 Å². The van der Waals surface area contributed by atoms with Crippen LogP contribution in [0.5, 0.6) is 0 Å². The molecule has 0 bridgehead atoms. The summed E-state index contributed by atoms with van der Waals surface area (Å²) < 4.78 is 0. The molecule has 1 aliphatic carbocycles. The van der Waals surface area contributed by atoms with Crippen molar-refractivity contribution >= 4 is 6.41 Å². The molecule has 2 N–H and O–H groups in total. The first-order valence-electron chi connectivity index (χ1n) is 3.79. The predicted molar refractivity (Wildman–Crippen MR) is 39.5 cm³/mol. The van der Waals surface area contributed by atoms with Crippen molar-refractivity contribution < 1.29 is 4.79 Å². The highest BCUT2D eigenvalue weighted by molar-refractivity contribution is 5.48. The molecule has 0 heterocycles. The molecule has 1 fully saturated rings. The standard InChI is InChI=1S/C7H14N2O/c8-4-1-5-9(6-10)7-2-3-7/h6-7H,1-5,8H2. The zero-order valence-electron chi connectivity index (χ0n) is 6.12. The predicted octanol–water partition coefficient (Wildman–Crippen LogP) is -0.0440. The molecular formula is C7H14N2O. The summed E-state index contributed by atoms with van der Waals surface area (Å²) in [6.07, 6.45) is 4.23. The average Bonchev–Trinajstić information content (AvgIpc) is 2.73. The fraction of sp³-hybridized carbons (Fsp3) is 0.857. The van der Waals surface area contributed by atoms with E-state index in [0.29, 0.717) is 12.6 Å². The third kappa shape index (κ3) is 1.99. The number of nitrogens with two attached hydrogens (primary N) is 1. The van der Waals surface area contributed by atoms with Crippen molar-refractivity contribution in [3.8, 4) is 0 Å². The van der Waals surface area contributed by atoms with E-state index < -0.39 is 0 Å². The Morgan fingerprint density at radius 3 is 2.70 bits per heavy atom. The maximum Gasteiger partial charge on any atom is 0.209 e. The third-order valence-electron chi connectivity index (χ3n) is 1.77. The quantitative estimate of drug-likeness (QED) is 0.547. The van der Waals surface area contributed by atoms with Crippen LogP contribution in [0.4, 0.5) is 0 Å². The second-order valence-corrected chi connectivity index (χ2v) is 2.72. The Morgan fingerprint density at radius 1 is 1.60 bits per heavy atom. The third-order valence-corrected chi connectivity index (χ3v) is 1.77. The van der Waals surface area contributed by atoms with Crippen molar-refractivity contribution in [2.45, 2.75) is 25.3 Å². The fourth-order valence-electron chi connectivity index (χ4n) is 1.00. The SMILES string of the molecule is NCCCN(C=O)C1CC1. The second kappa shape index (κ2) is 3.56. The molecule has 0 aromatic heterocycles. The van der Waals surface area contributed by atoms with Gasteiger partial charge in [-0.05, 0) is 25.8 Å². The van der Waals surface area contributed by atoms with Gasteiger partial charge in [0.05, 0.1) is 0 Å². The molecule has 3 nitrogen and oxygen atoms in total. The molecule has 1 saturated carbocycles. The van der Waals surface area contributed by atoms with Crippen molar-refractivity contribution in [1.29, 1.82) is 0 Å². The van der Waals surface area contributed by atoms with Crippen molar-refractivity contribution in [3.63, 3.8) is 0 Å². The van der Waals surface area contributed by atoms with Crippen LogP contribution in [0.1, 0.15) is 19.3 Å². The smallest absolute Gasteiger partial charge is 0.209 e. The number of carbonyl (C=O) groups is 1. The van der Waals surface area contributed by atoms with Gasteiger partial charge in [-0.1, -0.05) is 0 Å². The topological polar surface area (TPSA) is 46.3 Å². The lowest BCUT2D eigenvalue weighted by atomic mass is 10.4. The van der Waals surface area contributed by atoms with E-state index in [-0.39, 0.29) is 0 Å². The van der Waals surface area contributed by atoms with E-state index in [1.54, 1.807) is 0 Å². The first-order chi connectivity index (χ1) is 4.88. The Labute approximate surface area is 61.2 Å². The van der Waals surface area contributed by atoms with Gasteiger partial charge in [-0.25, -0.2) is 0 Å². The summed E-state index contributed by atoms with van der Waals surface area (Å²) in [6, 6.07) is 0.545. The molecule has 0 unspecified atom stereocenters. The van der Waals surface area contributed by atoms with Crippen LogP contribution in [0.25, 0.3) is 0 Å².